The lowest BCUT2D eigenvalue weighted by atomic mass is 10.3. The van der Waals surface area contributed by atoms with Gasteiger partial charge in [-0.25, -0.2) is 0 Å². The normalized spacial score (nSPS) is 10.3. The molecule has 0 saturated carbocycles. The van der Waals surface area contributed by atoms with Gasteiger partial charge < -0.3 is 9.29 Å². The van der Waals surface area contributed by atoms with Gasteiger partial charge in [-0.2, -0.15) is 8.42 Å². The zero-order valence-electron chi connectivity index (χ0n) is 14.7. The first kappa shape index (κ1) is 21.8. The summed E-state index contributed by atoms with van der Waals surface area (Å²) in [6.45, 7) is 0. The molecule has 0 bridgehead atoms. The Bertz CT molecular complexity index is 987. The van der Waals surface area contributed by atoms with Gasteiger partial charge in [0.2, 0.25) is 0 Å². The van der Waals surface area contributed by atoms with Crippen molar-refractivity contribution in [3.05, 3.63) is 78.9 Å². The molecular weight excluding hydrogens is 412 g/mol. The fourth-order valence-electron chi connectivity index (χ4n) is 1.93. The number of thioether (sulfide) groups is 1. The van der Waals surface area contributed by atoms with E-state index < -0.39 is 10.1 Å². The smallest absolute Gasteiger partial charge is 0.339 e. The number of hydrogen-bond acceptors (Lipinski definition) is 6. The minimum Gasteiger partial charge on any atom is -0.508 e. The van der Waals surface area contributed by atoms with E-state index in [1.54, 1.807) is 66.7 Å². The van der Waals surface area contributed by atoms with E-state index in [0.29, 0.717) is 5.75 Å². The molecule has 0 aliphatic heterocycles. The summed E-state index contributed by atoms with van der Waals surface area (Å²) in [5, 5.41) is 8.72. The molecule has 3 aromatic carbocycles. The van der Waals surface area contributed by atoms with E-state index in [2.05, 4.69) is 18.5 Å². The van der Waals surface area contributed by atoms with Crippen LogP contribution < -0.4 is 4.18 Å². The molecule has 3 aromatic rings. The zero-order valence-corrected chi connectivity index (χ0v) is 17.3. The van der Waals surface area contributed by atoms with Crippen LogP contribution in [0.3, 0.4) is 0 Å². The quantitative estimate of drug-likeness (QED) is 0.262. The Morgan fingerprint density at radius 3 is 2.11 bits per heavy atom. The average Bonchev–Trinajstić information content (AvgIpc) is 2.71. The van der Waals surface area contributed by atoms with Gasteiger partial charge in [-0.15, -0.1) is 30.8 Å². The Morgan fingerprint density at radius 1 is 0.964 bits per heavy atom. The van der Waals surface area contributed by atoms with E-state index in [0.717, 1.165) is 9.79 Å². The van der Waals surface area contributed by atoms with Gasteiger partial charge in [-0.05, 0) is 60.7 Å². The third-order valence-electron chi connectivity index (χ3n) is 3.23. The van der Waals surface area contributed by atoms with Crippen LogP contribution in [0.4, 0.5) is 0 Å². The lowest BCUT2D eigenvalue weighted by Gasteiger charge is -2.07. The van der Waals surface area contributed by atoms with Gasteiger partial charge in [-0.3, -0.25) is 0 Å². The molecule has 0 atom stereocenters. The van der Waals surface area contributed by atoms with Crippen LogP contribution in [-0.2, 0) is 10.1 Å². The van der Waals surface area contributed by atoms with Gasteiger partial charge >= 0.3 is 10.1 Å². The maximum absolute atomic E-state index is 12.0. The average molecular weight is 431 g/mol. The topological polar surface area (TPSA) is 63.6 Å². The van der Waals surface area contributed by atoms with Crippen LogP contribution >= 0.6 is 24.4 Å². The third kappa shape index (κ3) is 7.24. The molecule has 28 heavy (non-hydrogen) atoms. The monoisotopic (exact) mass is 430 g/mol. The number of phenolic OH excluding ortho intramolecular Hbond substituents is 1. The Hall–Kier alpha value is -2.53. The molecule has 0 saturated heterocycles. The summed E-state index contributed by atoms with van der Waals surface area (Å²) in [6.07, 6.45) is 5.18. The van der Waals surface area contributed by atoms with Crippen LogP contribution in [0.2, 0.25) is 0 Å². The first-order valence-electron chi connectivity index (χ1n) is 8.04. The number of rotatable bonds is 5. The van der Waals surface area contributed by atoms with E-state index in [4.69, 9.17) is 15.7 Å². The minimum absolute atomic E-state index is 0.130. The maximum Gasteiger partial charge on any atom is 0.339 e. The third-order valence-corrected chi connectivity index (χ3v) is 5.71. The number of aromatic hydroxyl groups is 1. The molecule has 0 aromatic heterocycles. The molecule has 144 valence electrons. The van der Waals surface area contributed by atoms with E-state index in [1.165, 1.54) is 23.9 Å². The standard InChI is InChI=1S/C15H12O3S2.C6H6OS/c1-2-12-19-14-10-8-13(9-11-14)18-20(16,17)15-6-4-3-5-7-15;7-5-1-3-6(8)4-2-5/h1,3-11H,12H2;1-4,7-8H. The molecule has 0 amide bonds. The SMILES string of the molecule is C#CCSc1ccc(OS(=O)(=O)c2ccccc2)cc1.Oc1ccc(S)cc1. The van der Waals surface area contributed by atoms with Gasteiger partial charge in [0.05, 0.1) is 5.75 Å². The fourth-order valence-corrected chi connectivity index (χ4v) is 3.61. The molecule has 0 aliphatic rings. The molecule has 1 N–H and O–H groups in total. The Morgan fingerprint density at radius 2 is 1.57 bits per heavy atom. The number of hydrogen-bond donors (Lipinski definition) is 2. The van der Waals surface area contributed by atoms with Crippen molar-refractivity contribution in [2.75, 3.05) is 5.75 Å². The van der Waals surface area contributed by atoms with Gasteiger partial charge in [-0.1, -0.05) is 24.1 Å². The van der Waals surface area contributed by atoms with Crippen LogP contribution in [0.5, 0.6) is 11.5 Å². The van der Waals surface area contributed by atoms with Gasteiger partial charge in [0.25, 0.3) is 0 Å². The second-order valence-electron chi connectivity index (χ2n) is 5.33. The molecule has 0 spiro atoms. The first-order chi connectivity index (χ1) is 13.4. The summed E-state index contributed by atoms with van der Waals surface area (Å²) < 4.78 is 29.1. The van der Waals surface area contributed by atoms with Crippen LogP contribution in [0.1, 0.15) is 0 Å². The van der Waals surface area contributed by atoms with E-state index in [-0.39, 0.29) is 16.4 Å². The van der Waals surface area contributed by atoms with Crippen LogP contribution in [0.25, 0.3) is 0 Å². The Kier molecular flexibility index (Phi) is 8.33. The summed E-state index contributed by atoms with van der Waals surface area (Å²) in [5.74, 6) is 3.66. The molecule has 0 fully saturated rings. The van der Waals surface area contributed by atoms with Crippen LogP contribution in [0, 0.1) is 12.3 Å². The van der Waals surface area contributed by atoms with Crippen molar-refractivity contribution in [1.82, 2.24) is 0 Å². The lowest BCUT2D eigenvalue weighted by Crippen LogP contribution is -2.09. The molecule has 7 heteroatoms. The largest absolute Gasteiger partial charge is 0.508 e. The van der Waals surface area contributed by atoms with Gasteiger partial charge in [0, 0.05) is 9.79 Å². The number of phenols is 1. The fraction of sp³-hybridized carbons (Fsp3) is 0.0476. The van der Waals surface area contributed by atoms with Crippen molar-refractivity contribution in [3.63, 3.8) is 0 Å². The van der Waals surface area contributed by atoms with Gasteiger partial charge in [0.1, 0.15) is 16.4 Å². The van der Waals surface area contributed by atoms with Crippen molar-refractivity contribution in [2.45, 2.75) is 14.7 Å². The minimum atomic E-state index is -3.78. The predicted molar refractivity (Wildman–Crippen MR) is 116 cm³/mol. The zero-order chi connectivity index (χ0) is 20.4. The van der Waals surface area contributed by atoms with E-state index in [9.17, 15) is 8.42 Å². The van der Waals surface area contributed by atoms with E-state index >= 15 is 0 Å². The molecular formula is C21H18O4S3. The van der Waals surface area contributed by atoms with Crippen molar-refractivity contribution in [2.24, 2.45) is 0 Å². The Labute approximate surface area is 175 Å². The highest BCUT2D eigenvalue weighted by molar-refractivity contribution is 7.99. The molecule has 0 unspecified atom stereocenters. The van der Waals surface area contributed by atoms with Crippen LogP contribution in [-0.4, -0.2) is 19.3 Å². The molecule has 3 rings (SSSR count). The van der Waals surface area contributed by atoms with Crippen molar-refractivity contribution in [3.8, 4) is 23.8 Å². The maximum atomic E-state index is 12.0. The summed E-state index contributed by atoms with van der Waals surface area (Å²) in [6, 6.07) is 21.5. The predicted octanol–water partition coefficient (Wildman–Crippen LogP) is 4.86. The van der Waals surface area contributed by atoms with Crippen molar-refractivity contribution >= 4 is 34.5 Å². The van der Waals surface area contributed by atoms with Crippen molar-refractivity contribution in [1.29, 1.82) is 0 Å². The number of benzene rings is 3. The highest BCUT2D eigenvalue weighted by Gasteiger charge is 2.15. The molecule has 0 heterocycles. The lowest BCUT2D eigenvalue weighted by molar-refractivity contribution is 0.475. The van der Waals surface area contributed by atoms with Crippen LogP contribution in [0.15, 0.2) is 93.5 Å². The second kappa shape index (κ2) is 10.7. The Balaban J connectivity index is 0.000000292. The summed E-state index contributed by atoms with van der Waals surface area (Å²) in [4.78, 5) is 1.96. The highest BCUT2D eigenvalue weighted by atomic mass is 32.2. The number of terminal acetylenes is 1. The molecule has 0 radical (unpaired) electrons. The summed E-state index contributed by atoms with van der Waals surface area (Å²) in [5.41, 5.74) is 0. The van der Waals surface area contributed by atoms with Gasteiger partial charge in [0.15, 0.2) is 0 Å². The highest BCUT2D eigenvalue weighted by Crippen LogP contribution is 2.23. The summed E-state index contributed by atoms with van der Waals surface area (Å²) in [7, 11) is -3.78. The molecule has 4 nitrogen and oxygen atoms in total. The van der Waals surface area contributed by atoms with E-state index in [1.807, 2.05) is 0 Å². The summed E-state index contributed by atoms with van der Waals surface area (Å²) >= 11 is 5.52. The molecule has 0 aliphatic carbocycles. The second-order valence-corrected chi connectivity index (χ2v) is 8.44. The number of thiol groups is 1. The van der Waals surface area contributed by atoms with Crippen molar-refractivity contribution < 1.29 is 17.7 Å². The first-order valence-corrected chi connectivity index (χ1v) is 10.9.